The van der Waals surface area contributed by atoms with Crippen LogP contribution in [0, 0.1) is 0 Å². The van der Waals surface area contributed by atoms with Gasteiger partial charge in [0.2, 0.25) is 0 Å². The van der Waals surface area contributed by atoms with Gasteiger partial charge in [0, 0.05) is 19.1 Å². The third-order valence-electron chi connectivity index (χ3n) is 4.71. The van der Waals surface area contributed by atoms with E-state index in [1.54, 1.807) is 12.1 Å². The molecule has 2 aromatic carbocycles. The number of benzene rings is 2. The minimum Gasteiger partial charge on any atom is -0.310 e. The minimum absolute atomic E-state index is 0.425. The first kappa shape index (κ1) is 18.0. The van der Waals surface area contributed by atoms with E-state index >= 15 is 0 Å². The second-order valence-corrected chi connectivity index (χ2v) is 6.61. The van der Waals surface area contributed by atoms with Crippen LogP contribution in [0.5, 0.6) is 0 Å². The van der Waals surface area contributed by atoms with Gasteiger partial charge < -0.3 is 5.32 Å². The van der Waals surface area contributed by atoms with Crippen LogP contribution in [0.25, 0.3) is 0 Å². The Kier molecular flexibility index (Phi) is 5.76. The largest absolute Gasteiger partial charge is 0.416 e. The van der Waals surface area contributed by atoms with Crippen molar-refractivity contribution in [2.75, 3.05) is 13.1 Å². The predicted molar refractivity (Wildman–Crippen MR) is 93.0 cm³/mol. The normalized spacial score (nSPS) is 16.9. The van der Waals surface area contributed by atoms with Crippen LogP contribution >= 0.6 is 0 Å². The van der Waals surface area contributed by atoms with E-state index in [9.17, 15) is 13.2 Å². The maximum atomic E-state index is 12.6. The van der Waals surface area contributed by atoms with Crippen LogP contribution in [0.4, 0.5) is 13.2 Å². The SMILES string of the molecule is FC(F)(F)c1ccc(CNC2CCN(Cc3ccccc3)CC2)cc1. The molecular weight excluding hydrogens is 325 g/mol. The van der Waals surface area contributed by atoms with Crippen molar-refractivity contribution in [3.63, 3.8) is 0 Å². The molecule has 1 aliphatic heterocycles. The van der Waals surface area contributed by atoms with E-state index in [0.29, 0.717) is 12.6 Å². The van der Waals surface area contributed by atoms with Crippen molar-refractivity contribution in [1.29, 1.82) is 0 Å². The second kappa shape index (κ2) is 8.02. The highest BCUT2D eigenvalue weighted by molar-refractivity contribution is 5.24. The lowest BCUT2D eigenvalue weighted by Gasteiger charge is -2.32. The summed E-state index contributed by atoms with van der Waals surface area (Å²) in [5, 5.41) is 3.47. The smallest absolute Gasteiger partial charge is 0.310 e. The number of hydrogen-bond donors (Lipinski definition) is 1. The number of nitrogens with one attached hydrogen (secondary N) is 1. The highest BCUT2D eigenvalue weighted by atomic mass is 19.4. The van der Waals surface area contributed by atoms with Crippen LogP contribution in [0.1, 0.15) is 29.5 Å². The van der Waals surface area contributed by atoms with Crippen LogP contribution in [-0.4, -0.2) is 24.0 Å². The molecule has 0 aromatic heterocycles. The summed E-state index contributed by atoms with van der Waals surface area (Å²) in [6.45, 7) is 3.67. The van der Waals surface area contributed by atoms with Crippen LogP contribution in [0.3, 0.4) is 0 Å². The zero-order chi connectivity index (χ0) is 17.7. The zero-order valence-electron chi connectivity index (χ0n) is 14.1. The molecule has 0 spiro atoms. The molecule has 1 fully saturated rings. The zero-order valence-corrected chi connectivity index (χ0v) is 14.1. The van der Waals surface area contributed by atoms with Gasteiger partial charge in [-0.1, -0.05) is 42.5 Å². The summed E-state index contributed by atoms with van der Waals surface area (Å²) in [6.07, 6.45) is -2.14. The summed E-state index contributed by atoms with van der Waals surface area (Å²) < 4.78 is 37.7. The second-order valence-electron chi connectivity index (χ2n) is 6.61. The quantitative estimate of drug-likeness (QED) is 0.858. The summed E-state index contributed by atoms with van der Waals surface area (Å²) in [5.74, 6) is 0. The molecule has 3 rings (SSSR count). The monoisotopic (exact) mass is 348 g/mol. The molecule has 0 bridgehead atoms. The number of alkyl halides is 3. The van der Waals surface area contributed by atoms with Crippen LogP contribution in [-0.2, 0) is 19.3 Å². The van der Waals surface area contributed by atoms with Crippen LogP contribution in [0.2, 0.25) is 0 Å². The van der Waals surface area contributed by atoms with Crippen molar-refractivity contribution in [3.05, 3.63) is 71.3 Å². The molecule has 1 heterocycles. The fourth-order valence-corrected chi connectivity index (χ4v) is 3.21. The van der Waals surface area contributed by atoms with E-state index in [0.717, 1.165) is 50.2 Å². The van der Waals surface area contributed by atoms with E-state index < -0.39 is 11.7 Å². The summed E-state index contributed by atoms with van der Waals surface area (Å²) in [6, 6.07) is 16.3. The van der Waals surface area contributed by atoms with E-state index in [1.807, 2.05) is 6.07 Å². The molecule has 25 heavy (non-hydrogen) atoms. The number of rotatable bonds is 5. The third-order valence-corrected chi connectivity index (χ3v) is 4.71. The summed E-state index contributed by atoms with van der Waals surface area (Å²) in [5.41, 5.74) is 1.63. The van der Waals surface area contributed by atoms with Gasteiger partial charge >= 0.3 is 6.18 Å². The van der Waals surface area contributed by atoms with Gasteiger partial charge in [-0.3, -0.25) is 4.90 Å². The summed E-state index contributed by atoms with van der Waals surface area (Å²) in [7, 11) is 0. The molecule has 134 valence electrons. The highest BCUT2D eigenvalue weighted by Crippen LogP contribution is 2.29. The lowest BCUT2D eigenvalue weighted by Crippen LogP contribution is -2.41. The molecule has 0 radical (unpaired) electrons. The van der Waals surface area contributed by atoms with Gasteiger partial charge in [0.05, 0.1) is 5.56 Å². The van der Waals surface area contributed by atoms with Gasteiger partial charge in [0.15, 0.2) is 0 Å². The Morgan fingerprint density at radius 3 is 2.12 bits per heavy atom. The summed E-state index contributed by atoms with van der Waals surface area (Å²) >= 11 is 0. The van der Waals surface area contributed by atoms with Gasteiger partial charge in [0.25, 0.3) is 0 Å². The number of likely N-dealkylation sites (tertiary alicyclic amines) is 1. The van der Waals surface area contributed by atoms with E-state index in [2.05, 4.69) is 34.5 Å². The Bertz CT molecular complexity index is 645. The van der Waals surface area contributed by atoms with Crippen molar-refractivity contribution < 1.29 is 13.2 Å². The van der Waals surface area contributed by atoms with Crippen molar-refractivity contribution in [2.45, 2.75) is 38.1 Å². The average molecular weight is 348 g/mol. The standard InChI is InChI=1S/C20H23F3N2/c21-20(22,23)18-8-6-16(7-9-18)14-24-19-10-12-25(13-11-19)15-17-4-2-1-3-5-17/h1-9,19,24H,10-15H2. The van der Waals surface area contributed by atoms with E-state index in [1.165, 1.54) is 5.56 Å². The molecule has 1 aliphatic rings. The van der Waals surface area contributed by atoms with E-state index in [-0.39, 0.29) is 0 Å². The predicted octanol–water partition coefficient (Wildman–Crippen LogP) is 4.46. The summed E-state index contributed by atoms with van der Waals surface area (Å²) in [4.78, 5) is 2.45. The van der Waals surface area contributed by atoms with Crippen LogP contribution < -0.4 is 5.32 Å². The van der Waals surface area contributed by atoms with Gasteiger partial charge in [-0.25, -0.2) is 0 Å². The van der Waals surface area contributed by atoms with Gasteiger partial charge in [0.1, 0.15) is 0 Å². The first-order chi connectivity index (χ1) is 12.0. The number of nitrogens with zero attached hydrogens (tertiary/aromatic N) is 1. The van der Waals surface area contributed by atoms with Crippen molar-refractivity contribution >= 4 is 0 Å². The molecule has 0 aliphatic carbocycles. The van der Waals surface area contributed by atoms with Crippen molar-refractivity contribution in [3.8, 4) is 0 Å². The topological polar surface area (TPSA) is 15.3 Å². The maximum Gasteiger partial charge on any atom is 0.416 e. The first-order valence-corrected chi connectivity index (χ1v) is 8.66. The highest BCUT2D eigenvalue weighted by Gasteiger charge is 2.29. The molecule has 2 nitrogen and oxygen atoms in total. The molecule has 0 atom stereocenters. The molecule has 1 N–H and O–H groups in total. The first-order valence-electron chi connectivity index (χ1n) is 8.66. The average Bonchev–Trinajstić information content (AvgIpc) is 2.62. The fourth-order valence-electron chi connectivity index (χ4n) is 3.21. The van der Waals surface area contributed by atoms with Crippen molar-refractivity contribution in [2.24, 2.45) is 0 Å². The molecule has 0 amide bonds. The lowest BCUT2D eigenvalue weighted by molar-refractivity contribution is -0.137. The Balaban J connectivity index is 1.42. The van der Waals surface area contributed by atoms with Gasteiger partial charge in [-0.2, -0.15) is 13.2 Å². The number of piperidine rings is 1. The Morgan fingerprint density at radius 1 is 0.880 bits per heavy atom. The Morgan fingerprint density at radius 2 is 1.52 bits per heavy atom. The minimum atomic E-state index is -4.27. The van der Waals surface area contributed by atoms with Gasteiger partial charge in [-0.05, 0) is 49.2 Å². The molecule has 5 heteroatoms. The number of halogens is 3. The Hall–Kier alpha value is -1.85. The molecular formula is C20H23F3N2. The van der Waals surface area contributed by atoms with Crippen LogP contribution in [0.15, 0.2) is 54.6 Å². The molecule has 1 saturated heterocycles. The third kappa shape index (κ3) is 5.31. The van der Waals surface area contributed by atoms with Crippen molar-refractivity contribution in [1.82, 2.24) is 10.2 Å². The van der Waals surface area contributed by atoms with E-state index in [4.69, 9.17) is 0 Å². The molecule has 0 saturated carbocycles. The van der Waals surface area contributed by atoms with Gasteiger partial charge in [-0.15, -0.1) is 0 Å². The fraction of sp³-hybridized carbons (Fsp3) is 0.400. The lowest BCUT2D eigenvalue weighted by atomic mass is 10.0. The molecule has 2 aromatic rings. The maximum absolute atomic E-state index is 12.6. The molecule has 0 unspecified atom stereocenters. The number of hydrogen-bond acceptors (Lipinski definition) is 2. The Labute approximate surface area is 146 Å².